The third kappa shape index (κ3) is 2.11. The van der Waals surface area contributed by atoms with E-state index in [1.54, 1.807) is 11.3 Å². The molecule has 0 saturated heterocycles. The number of hydrogen-bond acceptors (Lipinski definition) is 3. The molecule has 0 bridgehead atoms. The molecule has 0 aliphatic heterocycles. The summed E-state index contributed by atoms with van der Waals surface area (Å²) in [5.41, 5.74) is 2.67. The molecule has 86 valence electrons. The van der Waals surface area contributed by atoms with E-state index in [0.29, 0.717) is 5.56 Å². The molecule has 0 atom stereocenters. The van der Waals surface area contributed by atoms with Gasteiger partial charge >= 0.3 is 0 Å². The van der Waals surface area contributed by atoms with Crippen molar-refractivity contribution in [3.05, 3.63) is 51.6 Å². The number of halogens is 1. The maximum Gasteiger partial charge on any atom is 0.124 e. The van der Waals surface area contributed by atoms with Crippen LogP contribution in [0.2, 0.25) is 0 Å². The topological polar surface area (TPSA) is 36.7 Å². The van der Waals surface area contributed by atoms with Gasteiger partial charge in [-0.2, -0.15) is 5.26 Å². The summed E-state index contributed by atoms with van der Waals surface area (Å²) in [6.07, 6.45) is 0. The van der Waals surface area contributed by atoms with E-state index >= 15 is 0 Å². The van der Waals surface area contributed by atoms with Crippen LogP contribution in [0.5, 0.6) is 0 Å². The van der Waals surface area contributed by atoms with Crippen molar-refractivity contribution >= 4 is 44.1 Å². The molecule has 3 rings (SSSR count). The molecule has 0 unspecified atom stereocenters. The van der Waals surface area contributed by atoms with Crippen LogP contribution in [0.15, 0.2) is 42.5 Å². The van der Waals surface area contributed by atoms with Crippen LogP contribution in [0.4, 0.5) is 0 Å². The van der Waals surface area contributed by atoms with Gasteiger partial charge in [0.15, 0.2) is 0 Å². The summed E-state index contributed by atoms with van der Waals surface area (Å²) in [7, 11) is 0. The molecule has 2 aromatic carbocycles. The second-order valence-electron chi connectivity index (χ2n) is 3.82. The summed E-state index contributed by atoms with van der Waals surface area (Å²) in [5, 5.41) is 9.87. The fourth-order valence-corrected chi connectivity index (χ4v) is 3.02. The zero-order chi connectivity index (χ0) is 12.5. The van der Waals surface area contributed by atoms with Gasteiger partial charge in [-0.05, 0) is 52.9 Å². The summed E-state index contributed by atoms with van der Waals surface area (Å²) in [4.78, 5) is 4.59. The van der Waals surface area contributed by atoms with Gasteiger partial charge in [-0.3, -0.25) is 0 Å². The molecule has 0 saturated carbocycles. The summed E-state index contributed by atoms with van der Waals surface area (Å²) in [6, 6.07) is 16.1. The molecule has 0 aliphatic carbocycles. The molecule has 0 amide bonds. The average molecular weight is 362 g/mol. The Morgan fingerprint density at radius 1 is 1.11 bits per heavy atom. The highest BCUT2D eigenvalue weighted by molar-refractivity contribution is 14.1. The predicted molar refractivity (Wildman–Crippen MR) is 82.5 cm³/mol. The lowest BCUT2D eigenvalue weighted by atomic mass is 10.2. The molecular weight excluding hydrogens is 355 g/mol. The van der Waals surface area contributed by atoms with Gasteiger partial charge in [0.1, 0.15) is 5.01 Å². The molecule has 2 nitrogen and oxygen atoms in total. The third-order valence-electron chi connectivity index (χ3n) is 2.61. The number of thiazole rings is 1. The summed E-state index contributed by atoms with van der Waals surface area (Å²) in [6.45, 7) is 0. The minimum Gasteiger partial charge on any atom is -0.236 e. The molecule has 18 heavy (non-hydrogen) atoms. The second-order valence-corrected chi connectivity index (χ2v) is 6.10. The van der Waals surface area contributed by atoms with E-state index in [2.05, 4.69) is 57.9 Å². The van der Waals surface area contributed by atoms with Crippen LogP contribution in [0, 0.1) is 14.9 Å². The van der Waals surface area contributed by atoms with Gasteiger partial charge in [-0.15, -0.1) is 11.3 Å². The number of nitriles is 1. The minimum atomic E-state index is 0.655. The van der Waals surface area contributed by atoms with E-state index in [4.69, 9.17) is 5.26 Å². The van der Waals surface area contributed by atoms with Crippen LogP contribution < -0.4 is 0 Å². The Morgan fingerprint density at radius 3 is 2.61 bits per heavy atom. The molecule has 0 fully saturated rings. The quantitative estimate of drug-likeness (QED) is 0.600. The number of hydrogen-bond donors (Lipinski definition) is 0. The van der Waals surface area contributed by atoms with Crippen LogP contribution in [-0.2, 0) is 0 Å². The van der Waals surface area contributed by atoms with Gasteiger partial charge < -0.3 is 0 Å². The molecule has 1 aromatic heterocycles. The summed E-state index contributed by atoms with van der Waals surface area (Å²) in [5.74, 6) is 0. The van der Waals surface area contributed by atoms with Crippen molar-refractivity contribution in [1.82, 2.24) is 4.98 Å². The maximum atomic E-state index is 8.88. The summed E-state index contributed by atoms with van der Waals surface area (Å²) < 4.78 is 2.33. The van der Waals surface area contributed by atoms with Gasteiger partial charge in [0.25, 0.3) is 0 Å². The van der Waals surface area contributed by atoms with Crippen molar-refractivity contribution in [2.75, 3.05) is 0 Å². The number of aromatic nitrogens is 1. The number of rotatable bonds is 1. The van der Waals surface area contributed by atoms with Crippen LogP contribution in [-0.4, -0.2) is 4.98 Å². The molecule has 3 aromatic rings. The third-order valence-corrected chi connectivity index (χ3v) is 4.41. The molecule has 0 radical (unpaired) electrons. The SMILES string of the molecule is N#Cc1ccc2sc(-c3ccc(I)cc3)nc2c1. The van der Waals surface area contributed by atoms with Crippen molar-refractivity contribution in [1.29, 1.82) is 5.26 Å². The molecule has 0 aliphatic rings. The van der Waals surface area contributed by atoms with E-state index in [-0.39, 0.29) is 0 Å². The highest BCUT2D eigenvalue weighted by Gasteiger charge is 2.06. The van der Waals surface area contributed by atoms with E-state index in [9.17, 15) is 0 Å². The largest absolute Gasteiger partial charge is 0.236 e. The van der Waals surface area contributed by atoms with E-state index in [0.717, 1.165) is 20.8 Å². The highest BCUT2D eigenvalue weighted by Crippen LogP contribution is 2.30. The van der Waals surface area contributed by atoms with Crippen molar-refractivity contribution in [2.24, 2.45) is 0 Å². The molecule has 1 heterocycles. The zero-order valence-corrected chi connectivity index (χ0v) is 12.2. The van der Waals surface area contributed by atoms with Crippen LogP contribution in [0.1, 0.15) is 5.56 Å². The first-order valence-corrected chi connectivity index (χ1v) is 7.22. The lowest BCUT2D eigenvalue weighted by Crippen LogP contribution is -1.77. The average Bonchev–Trinajstić information content (AvgIpc) is 2.82. The monoisotopic (exact) mass is 362 g/mol. The first-order chi connectivity index (χ1) is 8.76. The van der Waals surface area contributed by atoms with Crippen LogP contribution in [0.3, 0.4) is 0 Å². The minimum absolute atomic E-state index is 0.655. The Kier molecular flexibility index (Phi) is 3.02. The van der Waals surface area contributed by atoms with E-state index in [1.807, 2.05) is 18.2 Å². The first-order valence-electron chi connectivity index (χ1n) is 5.33. The maximum absolute atomic E-state index is 8.88. The first kappa shape index (κ1) is 11.6. The van der Waals surface area contributed by atoms with E-state index in [1.165, 1.54) is 3.57 Å². The van der Waals surface area contributed by atoms with Crippen molar-refractivity contribution in [3.63, 3.8) is 0 Å². The number of fused-ring (bicyclic) bond motifs is 1. The number of nitrogens with zero attached hydrogens (tertiary/aromatic N) is 2. The Morgan fingerprint density at radius 2 is 1.89 bits per heavy atom. The molecule has 0 N–H and O–H groups in total. The standard InChI is InChI=1S/C14H7IN2S/c15-11-4-2-10(3-5-11)14-17-12-7-9(8-16)1-6-13(12)18-14/h1-7H. The smallest absolute Gasteiger partial charge is 0.124 e. The lowest BCUT2D eigenvalue weighted by Gasteiger charge is -1.94. The van der Waals surface area contributed by atoms with Crippen LogP contribution in [0.25, 0.3) is 20.8 Å². The Labute approximate surface area is 122 Å². The van der Waals surface area contributed by atoms with Crippen molar-refractivity contribution in [2.45, 2.75) is 0 Å². The predicted octanol–water partition coefficient (Wildman–Crippen LogP) is 4.44. The second kappa shape index (κ2) is 4.67. The number of benzene rings is 2. The fourth-order valence-electron chi connectivity index (χ4n) is 1.71. The lowest BCUT2D eigenvalue weighted by molar-refractivity contribution is 1.45. The Balaban J connectivity index is 2.13. The van der Waals surface area contributed by atoms with Gasteiger partial charge in [-0.25, -0.2) is 4.98 Å². The summed E-state index contributed by atoms with van der Waals surface area (Å²) >= 11 is 3.94. The molecule has 4 heteroatoms. The fraction of sp³-hybridized carbons (Fsp3) is 0. The Bertz CT molecular complexity index is 754. The van der Waals surface area contributed by atoms with Gasteiger partial charge in [0, 0.05) is 9.13 Å². The highest BCUT2D eigenvalue weighted by atomic mass is 127. The van der Waals surface area contributed by atoms with Gasteiger partial charge in [-0.1, -0.05) is 12.1 Å². The Hall–Kier alpha value is -1.45. The normalized spacial score (nSPS) is 10.4. The van der Waals surface area contributed by atoms with Crippen molar-refractivity contribution < 1.29 is 0 Å². The van der Waals surface area contributed by atoms with Crippen LogP contribution >= 0.6 is 33.9 Å². The molecular formula is C14H7IN2S. The van der Waals surface area contributed by atoms with Gasteiger partial charge in [0.2, 0.25) is 0 Å². The van der Waals surface area contributed by atoms with Gasteiger partial charge in [0.05, 0.1) is 21.8 Å². The zero-order valence-electron chi connectivity index (χ0n) is 9.22. The van der Waals surface area contributed by atoms with E-state index < -0.39 is 0 Å². The van der Waals surface area contributed by atoms with Crippen molar-refractivity contribution in [3.8, 4) is 16.6 Å². The molecule has 0 spiro atoms.